The molecule has 2 aromatic rings. The Morgan fingerprint density at radius 3 is 2.64 bits per heavy atom. The van der Waals surface area contributed by atoms with E-state index in [-0.39, 0.29) is 5.91 Å². The fraction of sp³-hybridized carbons (Fsp3) is 0.278. The molecule has 1 heterocycles. The Kier molecular flexibility index (Phi) is 4.41. The second-order valence-corrected chi connectivity index (χ2v) is 9.85. The maximum absolute atomic E-state index is 13.2. The lowest BCUT2D eigenvalue weighted by Gasteiger charge is -2.28. The van der Waals surface area contributed by atoms with Gasteiger partial charge in [-0.05, 0) is 35.7 Å². The molecule has 0 aliphatic heterocycles. The summed E-state index contributed by atoms with van der Waals surface area (Å²) in [4.78, 5) is 13.6. The summed E-state index contributed by atoms with van der Waals surface area (Å²) in [5.41, 5.74) is 1.10. The molecule has 1 unspecified atom stereocenters. The molecule has 5 nitrogen and oxygen atoms in total. The van der Waals surface area contributed by atoms with Crippen LogP contribution in [-0.4, -0.2) is 42.0 Å². The first-order valence-corrected chi connectivity index (χ1v) is 10.0. The van der Waals surface area contributed by atoms with Gasteiger partial charge in [-0.1, -0.05) is 34.2 Å². The van der Waals surface area contributed by atoms with E-state index in [1.54, 1.807) is 63.6 Å². The number of carbonyl (C=O) groups is 1. The van der Waals surface area contributed by atoms with Gasteiger partial charge in [0.05, 0.1) is 5.52 Å². The first-order chi connectivity index (χ1) is 11.7. The first kappa shape index (κ1) is 17.9. The number of rotatable bonds is 3. The fourth-order valence-electron chi connectivity index (χ4n) is 2.93. The second kappa shape index (κ2) is 6.14. The minimum atomic E-state index is -3.66. The van der Waals surface area contributed by atoms with E-state index in [4.69, 9.17) is 0 Å². The minimum Gasteiger partial charge on any atom is -0.345 e. The molecule has 0 N–H and O–H groups in total. The van der Waals surface area contributed by atoms with Gasteiger partial charge in [0.1, 0.15) is 4.75 Å². The molecule has 25 heavy (non-hydrogen) atoms. The predicted molar refractivity (Wildman–Crippen MR) is 103 cm³/mol. The van der Waals surface area contributed by atoms with Crippen LogP contribution in [0.15, 0.2) is 53.2 Å². The largest absolute Gasteiger partial charge is 0.345 e. The average molecular weight is 423 g/mol. The Bertz CT molecular complexity index is 1020. The number of nitrogens with zero attached hydrogens (tertiary/aromatic N) is 2. The number of aromatic nitrogens is 1. The standard InChI is InChI=1S/C18H19BrN2O3S/c1-18(9-4-5-15(19)12-18)25(23,24)21-10-8-13-11-14(6-7-16(13)21)17(22)20(2)3/h4-11H,12H2,1-3H3. The van der Waals surface area contributed by atoms with Crippen molar-refractivity contribution in [3.8, 4) is 0 Å². The van der Waals surface area contributed by atoms with E-state index in [0.29, 0.717) is 22.9 Å². The van der Waals surface area contributed by atoms with E-state index in [1.165, 1.54) is 8.87 Å². The number of allylic oxidation sites excluding steroid dienone is 3. The zero-order valence-electron chi connectivity index (χ0n) is 14.2. The molecule has 1 aliphatic rings. The highest BCUT2D eigenvalue weighted by molar-refractivity contribution is 9.11. The van der Waals surface area contributed by atoms with Crippen LogP contribution in [0.1, 0.15) is 23.7 Å². The van der Waals surface area contributed by atoms with Crippen molar-refractivity contribution >= 4 is 42.8 Å². The van der Waals surface area contributed by atoms with E-state index >= 15 is 0 Å². The summed E-state index contributed by atoms with van der Waals surface area (Å²) in [6, 6.07) is 6.79. The minimum absolute atomic E-state index is 0.117. The molecule has 1 aliphatic carbocycles. The number of fused-ring (bicyclic) bond motifs is 1. The summed E-state index contributed by atoms with van der Waals surface area (Å²) in [5.74, 6) is -0.117. The van der Waals surface area contributed by atoms with E-state index < -0.39 is 14.8 Å². The molecule has 1 amide bonds. The molecule has 132 valence electrons. The molecular weight excluding hydrogens is 404 g/mol. The summed E-state index contributed by atoms with van der Waals surface area (Å²) in [6.07, 6.45) is 7.25. The number of hydrogen-bond donors (Lipinski definition) is 0. The maximum atomic E-state index is 13.2. The predicted octanol–water partition coefficient (Wildman–Crippen LogP) is 3.52. The van der Waals surface area contributed by atoms with Gasteiger partial charge < -0.3 is 4.90 Å². The topological polar surface area (TPSA) is 59.4 Å². The molecule has 0 fully saturated rings. The number of halogens is 1. The summed E-state index contributed by atoms with van der Waals surface area (Å²) in [7, 11) is -0.295. The van der Waals surface area contributed by atoms with Crippen molar-refractivity contribution in [2.24, 2.45) is 0 Å². The summed E-state index contributed by atoms with van der Waals surface area (Å²) < 4.78 is 27.6. The Balaban J connectivity index is 2.09. The van der Waals surface area contributed by atoms with Gasteiger partial charge in [0.2, 0.25) is 10.0 Å². The highest BCUT2D eigenvalue weighted by Crippen LogP contribution is 2.35. The Labute approximate surface area is 155 Å². The highest BCUT2D eigenvalue weighted by Gasteiger charge is 2.40. The van der Waals surface area contributed by atoms with Crippen molar-refractivity contribution in [1.82, 2.24) is 8.87 Å². The van der Waals surface area contributed by atoms with Crippen LogP contribution >= 0.6 is 15.9 Å². The van der Waals surface area contributed by atoms with Gasteiger partial charge in [0.15, 0.2) is 0 Å². The van der Waals surface area contributed by atoms with Gasteiger partial charge >= 0.3 is 0 Å². The fourth-order valence-corrected chi connectivity index (χ4v) is 5.53. The molecular formula is C18H19BrN2O3S. The third-order valence-electron chi connectivity index (χ3n) is 4.40. The normalized spacial score (nSPS) is 20.6. The van der Waals surface area contributed by atoms with Gasteiger partial charge in [-0.3, -0.25) is 4.79 Å². The second-order valence-electron chi connectivity index (χ2n) is 6.55. The van der Waals surface area contributed by atoms with Crippen molar-refractivity contribution in [3.05, 3.63) is 58.7 Å². The van der Waals surface area contributed by atoms with Crippen LogP contribution in [0.2, 0.25) is 0 Å². The van der Waals surface area contributed by atoms with E-state index in [1.807, 2.05) is 6.08 Å². The van der Waals surface area contributed by atoms with Crippen LogP contribution in [0.3, 0.4) is 0 Å². The first-order valence-electron chi connectivity index (χ1n) is 7.77. The molecule has 3 rings (SSSR count). The van der Waals surface area contributed by atoms with Crippen LogP contribution in [0, 0.1) is 0 Å². The lowest BCUT2D eigenvalue weighted by atomic mass is 10.0. The van der Waals surface area contributed by atoms with Gasteiger partial charge in [0, 0.05) is 37.7 Å². The Hall–Kier alpha value is -1.86. The monoisotopic (exact) mass is 422 g/mol. The number of benzene rings is 1. The smallest absolute Gasteiger partial charge is 0.253 e. The van der Waals surface area contributed by atoms with Crippen LogP contribution in [0.5, 0.6) is 0 Å². The SMILES string of the molecule is CN(C)C(=O)c1ccc2c(ccn2S(=O)(=O)C2(C)C=CC=C(Br)C2)c1. The molecule has 0 saturated heterocycles. The van der Waals surface area contributed by atoms with Gasteiger partial charge in [-0.15, -0.1) is 0 Å². The number of amides is 1. The van der Waals surface area contributed by atoms with Gasteiger partial charge in [0.25, 0.3) is 5.91 Å². The lowest BCUT2D eigenvalue weighted by Crippen LogP contribution is -2.38. The molecule has 0 bridgehead atoms. The summed E-state index contributed by atoms with van der Waals surface area (Å²) >= 11 is 3.40. The molecule has 0 spiro atoms. The molecule has 0 saturated carbocycles. The molecule has 1 atom stereocenters. The molecule has 0 radical (unpaired) electrons. The zero-order chi connectivity index (χ0) is 18.4. The van der Waals surface area contributed by atoms with Crippen LogP contribution in [-0.2, 0) is 10.0 Å². The van der Waals surface area contributed by atoms with E-state index in [0.717, 1.165) is 4.48 Å². The van der Waals surface area contributed by atoms with Crippen molar-refractivity contribution in [2.75, 3.05) is 14.1 Å². The summed E-state index contributed by atoms with van der Waals surface area (Å²) in [6.45, 7) is 1.71. The summed E-state index contributed by atoms with van der Waals surface area (Å²) in [5, 5.41) is 0.717. The number of carbonyl (C=O) groups excluding carboxylic acids is 1. The van der Waals surface area contributed by atoms with Crippen LogP contribution < -0.4 is 0 Å². The van der Waals surface area contributed by atoms with E-state index in [9.17, 15) is 13.2 Å². The van der Waals surface area contributed by atoms with Crippen molar-refractivity contribution in [3.63, 3.8) is 0 Å². The van der Waals surface area contributed by atoms with Gasteiger partial charge in [-0.2, -0.15) is 0 Å². The number of hydrogen-bond acceptors (Lipinski definition) is 3. The average Bonchev–Trinajstić information content (AvgIpc) is 2.97. The third-order valence-corrected chi connectivity index (χ3v) is 7.24. The van der Waals surface area contributed by atoms with Gasteiger partial charge in [-0.25, -0.2) is 12.4 Å². The zero-order valence-corrected chi connectivity index (χ0v) is 16.6. The maximum Gasteiger partial charge on any atom is 0.253 e. The Morgan fingerprint density at radius 1 is 1.28 bits per heavy atom. The Morgan fingerprint density at radius 2 is 2.00 bits per heavy atom. The molecule has 1 aromatic heterocycles. The van der Waals surface area contributed by atoms with Crippen molar-refractivity contribution in [2.45, 2.75) is 18.1 Å². The van der Waals surface area contributed by atoms with E-state index in [2.05, 4.69) is 15.9 Å². The highest BCUT2D eigenvalue weighted by atomic mass is 79.9. The van der Waals surface area contributed by atoms with Crippen LogP contribution in [0.4, 0.5) is 0 Å². The van der Waals surface area contributed by atoms with Crippen molar-refractivity contribution < 1.29 is 13.2 Å². The van der Waals surface area contributed by atoms with Crippen LogP contribution in [0.25, 0.3) is 10.9 Å². The quantitative estimate of drug-likeness (QED) is 0.759. The molecule has 7 heteroatoms. The van der Waals surface area contributed by atoms with Crippen molar-refractivity contribution in [1.29, 1.82) is 0 Å². The lowest BCUT2D eigenvalue weighted by molar-refractivity contribution is 0.0828. The molecule has 1 aromatic carbocycles. The third kappa shape index (κ3) is 2.95.